The van der Waals surface area contributed by atoms with Gasteiger partial charge in [0, 0.05) is 49.4 Å². The molecule has 1 amide bonds. The van der Waals surface area contributed by atoms with E-state index in [1.54, 1.807) is 12.0 Å². The first-order valence-corrected chi connectivity index (χ1v) is 9.82. The minimum atomic E-state index is -0.479. The molecule has 0 atom stereocenters. The molecule has 1 aliphatic rings. The summed E-state index contributed by atoms with van der Waals surface area (Å²) >= 11 is 0. The van der Waals surface area contributed by atoms with Crippen molar-refractivity contribution in [2.75, 3.05) is 38.2 Å². The van der Waals surface area contributed by atoms with Crippen LogP contribution in [-0.4, -0.2) is 59.2 Å². The molecule has 2 aromatic carbocycles. The van der Waals surface area contributed by atoms with Crippen LogP contribution in [0.1, 0.15) is 10.4 Å². The number of hydrogen-bond acceptors (Lipinski definition) is 7. The van der Waals surface area contributed by atoms with Crippen LogP contribution in [0.5, 0.6) is 5.75 Å². The maximum Gasteiger partial charge on any atom is 0.269 e. The zero-order chi connectivity index (χ0) is 21.8. The molecular formula is C22H21N5O4. The van der Waals surface area contributed by atoms with Gasteiger partial charge in [0.25, 0.3) is 11.6 Å². The number of carbonyl (C=O) groups excluding carboxylic acids is 1. The van der Waals surface area contributed by atoms with E-state index in [2.05, 4.69) is 15.1 Å². The standard InChI is InChI=1S/C22H21N5O4/c1-31-19-4-2-3-17(15-19)20-9-10-21(24-23-20)25-11-13-26(14-12-25)22(28)16-5-7-18(8-6-16)27(29)30/h2-10,15H,11-14H2,1H3. The summed E-state index contributed by atoms with van der Waals surface area (Å²) < 4.78 is 5.25. The van der Waals surface area contributed by atoms with Gasteiger partial charge >= 0.3 is 0 Å². The highest BCUT2D eigenvalue weighted by molar-refractivity contribution is 5.94. The van der Waals surface area contributed by atoms with E-state index in [4.69, 9.17) is 4.74 Å². The Morgan fingerprint density at radius 3 is 2.35 bits per heavy atom. The molecule has 1 saturated heterocycles. The molecule has 0 bridgehead atoms. The Hall–Kier alpha value is -4.01. The maximum atomic E-state index is 12.7. The smallest absolute Gasteiger partial charge is 0.269 e. The van der Waals surface area contributed by atoms with Crippen LogP contribution in [0.3, 0.4) is 0 Å². The second-order valence-electron chi connectivity index (χ2n) is 7.09. The number of ether oxygens (including phenoxy) is 1. The van der Waals surface area contributed by atoms with Crippen molar-refractivity contribution < 1.29 is 14.5 Å². The van der Waals surface area contributed by atoms with Crippen molar-refractivity contribution in [3.63, 3.8) is 0 Å². The number of nitro groups is 1. The molecule has 0 spiro atoms. The van der Waals surface area contributed by atoms with Crippen LogP contribution in [0.15, 0.2) is 60.7 Å². The first kappa shape index (κ1) is 20.3. The van der Waals surface area contributed by atoms with Crippen molar-refractivity contribution in [1.29, 1.82) is 0 Å². The van der Waals surface area contributed by atoms with Crippen LogP contribution in [0.4, 0.5) is 11.5 Å². The molecule has 0 radical (unpaired) electrons. The average Bonchev–Trinajstić information content (AvgIpc) is 2.84. The molecule has 31 heavy (non-hydrogen) atoms. The lowest BCUT2D eigenvalue weighted by molar-refractivity contribution is -0.384. The molecule has 158 valence electrons. The Balaban J connectivity index is 1.38. The number of non-ortho nitro benzene ring substituents is 1. The molecule has 0 aliphatic carbocycles. The summed E-state index contributed by atoms with van der Waals surface area (Å²) in [7, 11) is 1.62. The first-order chi connectivity index (χ1) is 15.0. The highest BCUT2D eigenvalue weighted by Crippen LogP contribution is 2.23. The fourth-order valence-corrected chi connectivity index (χ4v) is 3.48. The van der Waals surface area contributed by atoms with Crippen molar-refractivity contribution in [2.45, 2.75) is 0 Å². The molecule has 0 N–H and O–H groups in total. The van der Waals surface area contributed by atoms with Crippen molar-refractivity contribution in [1.82, 2.24) is 15.1 Å². The summed E-state index contributed by atoms with van der Waals surface area (Å²) in [5.41, 5.74) is 2.10. The van der Waals surface area contributed by atoms with Crippen molar-refractivity contribution in [2.24, 2.45) is 0 Å². The van der Waals surface area contributed by atoms with Gasteiger partial charge in [-0.15, -0.1) is 10.2 Å². The first-order valence-electron chi connectivity index (χ1n) is 9.82. The topological polar surface area (TPSA) is 102 Å². The van der Waals surface area contributed by atoms with Gasteiger partial charge in [-0.3, -0.25) is 14.9 Å². The molecule has 3 aromatic rings. The number of nitrogens with zero attached hydrogens (tertiary/aromatic N) is 5. The minimum absolute atomic E-state index is 0.0302. The summed E-state index contributed by atoms with van der Waals surface area (Å²) in [6, 6.07) is 17.2. The molecule has 4 rings (SSSR count). The van der Waals surface area contributed by atoms with Gasteiger partial charge in [-0.1, -0.05) is 12.1 Å². The van der Waals surface area contributed by atoms with E-state index in [9.17, 15) is 14.9 Å². The summed E-state index contributed by atoms with van der Waals surface area (Å²) in [6.45, 7) is 2.34. The normalized spacial score (nSPS) is 13.7. The maximum absolute atomic E-state index is 12.7. The molecule has 1 aliphatic heterocycles. The van der Waals surface area contributed by atoms with Gasteiger partial charge in [0.05, 0.1) is 17.7 Å². The van der Waals surface area contributed by atoms with E-state index < -0.39 is 4.92 Å². The molecule has 1 aromatic heterocycles. The number of benzene rings is 2. The summed E-state index contributed by atoms with van der Waals surface area (Å²) in [4.78, 5) is 26.8. The number of methoxy groups -OCH3 is 1. The number of carbonyl (C=O) groups is 1. The lowest BCUT2D eigenvalue weighted by atomic mass is 10.1. The van der Waals surface area contributed by atoms with Gasteiger partial charge in [-0.05, 0) is 36.4 Å². The van der Waals surface area contributed by atoms with Crippen LogP contribution < -0.4 is 9.64 Å². The predicted octanol–water partition coefficient (Wildman–Crippen LogP) is 3.02. The fourth-order valence-electron chi connectivity index (χ4n) is 3.48. The molecule has 9 heteroatoms. The Bertz CT molecular complexity index is 1080. The zero-order valence-corrected chi connectivity index (χ0v) is 17.0. The highest BCUT2D eigenvalue weighted by atomic mass is 16.6. The number of amides is 1. The van der Waals surface area contributed by atoms with E-state index >= 15 is 0 Å². The van der Waals surface area contributed by atoms with Gasteiger partial charge in [0.15, 0.2) is 5.82 Å². The minimum Gasteiger partial charge on any atom is -0.497 e. The third-order valence-corrected chi connectivity index (χ3v) is 5.23. The second kappa shape index (κ2) is 8.78. The van der Waals surface area contributed by atoms with Gasteiger partial charge < -0.3 is 14.5 Å². The molecular weight excluding hydrogens is 398 g/mol. The Labute approximate surface area is 179 Å². The third-order valence-electron chi connectivity index (χ3n) is 5.23. The van der Waals surface area contributed by atoms with Crippen LogP contribution in [0.25, 0.3) is 11.3 Å². The summed E-state index contributed by atoms with van der Waals surface area (Å²) in [6.07, 6.45) is 0. The second-order valence-corrected chi connectivity index (χ2v) is 7.09. The summed E-state index contributed by atoms with van der Waals surface area (Å²) in [5.74, 6) is 1.39. The quantitative estimate of drug-likeness (QED) is 0.463. The van der Waals surface area contributed by atoms with Crippen molar-refractivity contribution in [3.05, 3.63) is 76.3 Å². The molecule has 2 heterocycles. The van der Waals surface area contributed by atoms with Crippen molar-refractivity contribution >= 4 is 17.4 Å². The number of nitro benzene ring substituents is 1. The Morgan fingerprint density at radius 2 is 1.74 bits per heavy atom. The number of aromatic nitrogens is 2. The lowest BCUT2D eigenvalue weighted by Crippen LogP contribution is -2.49. The van der Waals surface area contributed by atoms with E-state index in [0.29, 0.717) is 31.7 Å². The number of hydrogen-bond donors (Lipinski definition) is 0. The Morgan fingerprint density at radius 1 is 1.00 bits per heavy atom. The van der Waals surface area contributed by atoms with Crippen LogP contribution in [-0.2, 0) is 0 Å². The average molecular weight is 419 g/mol. The van der Waals surface area contributed by atoms with Crippen LogP contribution >= 0.6 is 0 Å². The van der Waals surface area contributed by atoms with Gasteiger partial charge in [-0.25, -0.2) is 0 Å². The largest absolute Gasteiger partial charge is 0.497 e. The third kappa shape index (κ3) is 4.45. The number of rotatable bonds is 5. The van der Waals surface area contributed by atoms with Gasteiger partial charge in [0.1, 0.15) is 5.75 Å². The van der Waals surface area contributed by atoms with Gasteiger partial charge in [-0.2, -0.15) is 0 Å². The fraction of sp³-hybridized carbons (Fsp3) is 0.227. The lowest BCUT2D eigenvalue weighted by Gasteiger charge is -2.35. The van der Waals surface area contributed by atoms with Crippen LogP contribution in [0.2, 0.25) is 0 Å². The van der Waals surface area contributed by atoms with E-state index in [-0.39, 0.29) is 11.6 Å². The summed E-state index contributed by atoms with van der Waals surface area (Å²) in [5, 5.41) is 19.5. The molecule has 1 fully saturated rings. The molecule has 0 unspecified atom stereocenters. The Kier molecular flexibility index (Phi) is 5.74. The van der Waals surface area contributed by atoms with Crippen molar-refractivity contribution in [3.8, 4) is 17.0 Å². The monoisotopic (exact) mass is 419 g/mol. The van der Waals surface area contributed by atoms with E-state index in [1.165, 1.54) is 24.3 Å². The number of anilines is 1. The SMILES string of the molecule is COc1cccc(-c2ccc(N3CCN(C(=O)c4ccc([N+](=O)[O-])cc4)CC3)nn2)c1. The molecule has 9 nitrogen and oxygen atoms in total. The van der Waals surface area contributed by atoms with E-state index in [1.807, 2.05) is 36.4 Å². The number of piperazine rings is 1. The van der Waals surface area contributed by atoms with Crippen LogP contribution in [0, 0.1) is 10.1 Å². The van der Waals surface area contributed by atoms with Gasteiger partial charge in [0.2, 0.25) is 0 Å². The predicted molar refractivity (Wildman–Crippen MR) is 115 cm³/mol. The van der Waals surface area contributed by atoms with E-state index in [0.717, 1.165) is 22.8 Å². The molecule has 0 saturated carbocycles. The zero-order valence-electron chi connectivity index (χ0n) is 17.0. The highest BCUT2D eigenvalue weighted by Gasteiger charge is 2.23.